The number of aromatic nitrogens is 4. The van der Waals surface area contributed by atoms with Crippen LogP contribution in [-0.4, -0.2) is 51.0 Å². The summed E-state index contributed by atoms with van der Waals surface area (Å²) in [5.74, 6) is -0.764. The number of amides is 1. The number of halogens is 3. The van der Waals surface area contributed by atoms with Gasteiger partial charge < -0.3 is 14.8 Å². The van der Waals surface area contributed by atoms with E-state index in [4.69, 9.17) is 4.74 Å². The Bertz CT molecular complexity index is 1160. The van der Waals surface area contributed by atoms with Crippen LogP contribution in [0.5, 0.6) is 0 Å². The molecule has 3 rings (SSSR count). The minimum absolute atomic E-state index is 0.136. The Hall–Kier alpha value is -3.80. The van der Waals surface area contributed by atoms with Crippen LogP contribution in [0.1, 0.15) is 33.0 Å². The van der Waals surface area contributed by atoms with E-state index in [9.17, 15) is 22.8 Å². The van der Waals surface area contributed by atoms with Gasteiger partial charge in [-0.2, -0.15) is 23.0 Å². The van der Waals surface area contributed by atoms with Crippen LogP contribution in [0.25, 0.3) is 5.95 Å². The molecule has 0 spiro atoms. The first-order valence-electron chi connectivity index (χ1n) is 10.1. The van der Waals surface area contributed by atoms with E-state index in [1.165, 1.54) is 28.9 Å². The smallest absolute Gasteiger partial charge is 0.411 e. The maximum absolute atomic E-state index is 12.3. The van der Waals surface area contributed by atoms with Gasteiger partial charge in [-0.1, -0.05) is 12.1 Å². The molecule has 180 valence electrons. The zero-order valence-electron chi connectivity index (χ0n) is 18.6. The van der Waals surface area contributed by atoms with Gasteiger partial charge in [-0.25, -0.2) is 14.8 Å². The molecule has 0 aliphatic carbocycles. The number of nitrogens with one attached hydrogen (secondary N) is 1. The minimum Gasteiger partial charge on any atom is -0.452 e. The molecular weight excluding hydrogens is 455 g/mol. The van der Waals surface area contributed by atoms with E-state index in [2.05, 4.69) is 25.1 Å². The molecule has 1 N–H and O–H groups in total. The summed E-state index contributed by atoms with van der Waals surface area (Å²) in [5.41, 5.74) is 2.68. The number of alkyl halides is 3. The van der Waals surface area contributed by atoms with Crippen LogP contribution in [0.4, 0.5) is 19.0 Å². The lowest BCUT2D eigenvalue weighted by atomic mass is 10.1. The summed E-state index contributed by atoms with van der Waals surface area (Å²) >= 11 is 0. The van der Waals surface area contributed by atoms with Crippen molar-refractivity contribution in [2.75, 3.05) is 18.5 Å². The fourth-order valence-electron chi connectivity index (χ4n) is 2.96. The van der Waals surface area contributed by atoms with Gasteiger partial charge in [0.2, 0.25) is 0 Å². The van der Waals surface area contributed by atoms with Crippen LogP contribution >= 0.6 is 0 Å². The van der Waals surface area contributed by atoms with Crippen molar-refractivity contribution in [1.29, 1.82) is 0 Å². The quantitative estimate of drug-likeness (QED) is 0.495. The van der Waals surface area contributed by atoms with Gasteiger partial charge in [0.15, 0.2) is 6.61 Å². The molecule has 34 heavy (non-hydrogen) atoms. The molecular formula is C22H22F3N5O4. The summed E-state index contributed by atoms with van der Waals surface area (Å²) in [5, 5.41) is 6.91. The van der Waals surface area contributed by atoms with Gasteiger partial charge in [-0.05, 0) is 44.5 Å². The molecule has 9 nitrogen and oxygen atoms in total. The summed E-state index contributed by atoms with van der Waals surface area (Å²) in [6.07, 6.45) is -4.41. The first-order chi connectivity index (χ1) is 16.0. The molecule has 0 unspecified atom stereocenters. The van der Waals surface area contributed by atoms with Crippen molar-refractivity contribution < 1.29 is 32.2 Å². The minimum atomic E-state index is -4.41. The van der Waals surface area contributed by atoms with Crippen molar-refractivity contribution in [1.82, 2.24) is 19.7 Å². The van der Waals surface area contributed by atoms with Crippen LogP contribution in [0, 0.1) is 20.8 Å². The van der Waals surface area contributed by atoms with E-state index in [-0.39, 0.29) is 18.1 Å². The summed E-state index contributed by atoms with van der Waals surface area (Å²) in [6.45, 7) is 3.19. The molecule has 0 aliphatic heterocycles. The highest BCUT2D eigenvalue weighted by Crippen LogP contribution is 2.17. The summed E-state index contributed by atoms with van der Waals surface area (Å²) in [6, 6.07) is 9.07. The number of hydrogen-bond donors (Lipinski definition) is 1. The third-order valence-corrected chi connectivity index (χ3v) is 4.32. The normalized spacial score (nSPS) is 11.4. The van der Waals surface area contributed by atoms with Crippen LogP contribution in [0.15, 0.2) is 36.4 Å². The molecule has 0 aliphatic rings. The topological polar surface area (TPSA) is 108 Å². The number of hydrogen-bond acceptors (Lipinski definition) is 7. The third-order valence-electron chi connectivity index (χ3n) is 4.32. The van der Waals surface area contributed by atoms with Crippen molar-refractivity contribution in [2.45, 2.75) is 33.6 Å². The molecule has 0 bridgehead atoms. The summed E-state index contributed by atoms with van der Waals surface area (Å²) in [7, 11) is 0. The van der Waals surface area contributed by atoms with E-state index in [0.717, 1.165) is 11.4 Å². The number of carbonyl (C=O) groups is 2. The van der Waals surface area contributed by atoms with Crippen molar-refractivity contribution in [3.05, 3.63) is 64.6 Å². The second-order valence-corrected chi connectivity index (χ2v) is 7.46. The number of rotatable bonds is 8. The van der Waals surface area contributed by atoms with Crippen LogP contribution in [-0.2, 0) is 20.9 Å². The van der Waals surface area contributed by atoms with E-state index in [1.807, 2.05) is 13.8 Å². The monoisotopic (exact) mass is 477 g/mol. The average Bonchev–Trinajstić information content (AvgIpc) is 3.11. The highest BCUT2D eigenvalue weighted by atomic mass is 19.4. The standard InChI is InChI=1S/C22H22F3N5O4/c1-13-8-14(2)27-21(26-13)30-18(9-15(3)29-30)28-19(31)11-34-20(32)17-6-4-16(5-7-17)10-33-12-22(23,24)25/h4-9H,10-12H2,1-3H3,(H,28,31). The van der Waals surface area contributed by atoms with Gasteiger partial charge in [0.25, 0.3) is 11.9 Å². The lowest BCUT2D eigenvalue weighted by Crippen LogP contribution is -2.23. The Morgan fingerprint density at radius 2 is 1.65 bits per heavy atom. The largest absolute Gasteiger partial charge is 0.452 e. The molecule has 0 atom stereocenters. The fourth-order valence-corrected chi connectivity index (χ4v) is 2.96. The van der Waals surface area contributed by atoms with Gasteiger partial charge in [-0.3, -0.25) is 4.79 Å². The molecule has 0 saturated heterocycles. The van der Waals surface area contributed by atoms with Crippen molar-refractivity contribution in [3.63, 3.8) is 0 Å². The first kappa shape index (κ1) is 24.8. The summed E-state index contributed by atoms with van der Waals surface area (Å²) < 4.78 is 47.4. The van der Waals surface area contributed by atoms with E-state index < -0.39 is 31.3 Å². The van der Waals surface area contributed by atoms with E-state index in [0.29, 0.717) is 17.1 Å². The number of nitrogens with zero attached hydrogens (tertiary/aromatic N) is 4. The predicted molar refractivity (Wildman–Crippen MR) is 114 cm³/mol. The van der Waals surface area contributed by atoms with Crippen molar-refractivity contribution in [3.8, 4) is 5.95 Å². The highest BCUT2D eigenvalue weighted by molar-refractivity contribution is 5.95. The fraction of sp³-hybridized carbons (Fsp3) is 0.318. The maximum atomic E-state index is 12.3. The molecule has 0 fully saturated rings. The van der Waals surface area contributed by atoms with Gasteiger partial charge in [-0.15, -0.1) is 0 Å². The Balaban J connectivity index is 1.56. The first-order valence-corrected chi connectivity index (χ1v) is 10.1. The maximum Gasteiger partial charge on any atom is 0.411 e. The molecule has 0 saturated carbocycles. The van der Waals surface area contributed by atoms with E-state index >= 15 is 0 Å². The van der Waals surface area contributed by atoms with Crippen molar-refractivity contribution >= 4 is 17.7 Å². The number of ether oxygens (including phenoxy) is 2. The lowest BCUT2D eigenvalue weighted by Gasteiger charge is -2.10. The van der Waals surface area contributed by atoms with Gasteiger partial charge >= 0.3 is 12.1 Å². The van der Waals surface area contributed by atoms with Gasteiger partial charge in [0, 0.05) is 17.5 Å². The summed E-state index contributed by atoms with van der Waals surface area (Å²) in [4.78, 5) is 33.2. The zero-order valence-corrected chi connectivity index (χ0v) is 18.6. The van der Waals surface area contributed by atoms with Gasteiger partial charge in [0.05, 0.1) is 17.9 Å². The number of aryl methyl sites for hydroxylation is 3. The van der Waals surface area contributed by atoms with E-state index in [1.54, 1.807) is 19.1 Å². The molecule has 1 aromatic carbocycles. The molecule has 3 aromatic rings. The highest BCUT2D eigenvalue weighted by Gasteiger charge is 2.27. The lowest BCUT2D eigenvalue weighted by molar-refractivity contribution is -0.176. The number of esters is 1. The molecule has 2 heterocycles. The second-order valence-electron chi connectivity index (χ2n) is 7.46. The average molecular weight is 477 g/mol. The van der Waals surface area contributed by atoms with Gasteiger partial charge in [0.1, 0.15) is 12.4 Å². The van der Waals surface area contributed by atoms with Crippen LogP contribution < -0.4 is 5.32 Å². The Morgan fingerprint density at radius 1 is 1.00 bits per heavy atom. The SMILES string of the molecule is Cc1cc(C)nc(-n2nc(C)cc2NC(=O)COC(=O)c2ccc(COCC(F)(F)F)cc2)n1. The molecule has 0 radical (unpaired) electrons. The number of anilines is 1. The Kier molecular flexibility index (Phi) is 7.61. The number of benzene rings is 1. The van der Waals surface area contributed by atoms with Crippen LogP contribution in [0.3, 0.4) is 0 Å². The Morgan fingerprint density at radius 3 is 2.26 bits per heavy atom. The van der Waals surface area contributed by atoms with Crippen molar-refractivity contribution in [2.24, 2.45) is 0 Å². The van der Waals surface area contributed by atoms with Crippen LogP contribution in [0.2, 0.25) is 0 Å². The Labute approximate surface area is 192 Å². The molecule has 1 amide bonds. The molecule has 2 aromatic heterocycles. The zero-order chi connectivity index (χ0) is 24.9. The third kappa shape index (κ3) is 7.10. The predicted octanol–water partition coefficient (Wildman–Crippen LogP) is 3.46. The number of carbonyl (C=O) groups excluding carboxylic acids is 2. The molecule has 12 heteroatoms. The second kappa shape index (κ2) is 10.4.